The Labute approximate surface area is 143 Å². The number of carboxylic acids is 1. The fraction of sp³-hybridized carbons (Fsp3) is 0.176. The van der Waals surface area contributed by atoms with Gasteiger partial charge in [-0.15, -0.1) is 0 Å². The lowest BCUT2D eigenvalue weighted by Crippen LogP contribution is -2.12. The molecule has 0 aliphatic rings. The van der Waals surface area contributed by atoms with Crippen molar-refractivity contribution in [2.75, 3.05) is 6.61 Å². The van der Waals surface area contributed by atoms with Gasteiger partial charge in [0.2, 0.25) is 0 Å². The second kappa shape index (κ2) is 8.04. The van der Waals surface area contributed by atoms with Gasteiger partial charge in [0.1, 0.15) is 5.25 Å². The van der Waals surface area contributed by atoms with Crippen LogP contribution in [0.5, 0.6) is 0 Å². The molecule has 0 amide bonds. The fourth-order valence-corrected chi connectivity index (χ4v) is 3.21. The minimum absolute atomic E-state index is 0.193. The van der Waals surface area contributed by atoms with Crippen molar-refractivity contribution in [3.05, 3.63) is 59.1 Å². The van der Waals surface area contributed by atoms with Gasteiger partial charge in [-0.05, 0) is 41.4 Å². The Morgan fingerprint density at radius 2 is 1.87 bits per heavy atom. The van der Waals surface area contributed by atoms with Crippen molar-refractivity contribution in [1.29, 1.82) is 0 Å². The van der Waals surface area contributed by atoms with Gasteiger partial charge < -0.3 is 9.84 Å². The van der Waals surface area contributed by atoms with Gasteiger partial charge in [-0.3, -0.25) is 4.79 Å². The maximum atomic E-state index is 11.6. The van der Waals surface area contributed by atoms with Crippen molar-refractivity contribution in [2.24, 2.45) is 0 Å². The Balaban J connectivity index is 2.30. The molecule has 120 valence electrons. The Hall–Kier alpha value is -1.98. The molecule has 0 saturated heterocycles. The van der Waals surface area contributed by atoms with E-state index in [1.165, 1.54) is 0 Å². The van der Waals surface area contributed by atoms with Crippen molar-refractivity contribution in [3.63, 3.8) is 0 Å². The smallest absolute Gasteiger partial charge is 0.368 e. The summed E-state index contributed by atoms with van der Waals surface area (Å²) in [5.41, 5.74) is 2.23. The Morgan fingerprint density at radius 3 is 2.43 bits per heavy atom. The molecule has 4 nitrogen and oxygen atoms in total. The summed E-state index contributed by atoms with van der Waals surface area (Å²) < 4.78 is 4.79. The van der Waals surface area contributed by atoms with Crippen molar-refractivity contribution >= 4 is 34.6 Å². The molecule has 0 bridgehead atoms. The van der Waals surface area contributed by atoms with E-state index in [2.05, 4.69) is 0 Å². The average molecular weight is 351 g/mol. The van der Waals surface area contributed by atoms with Crippen LogP contribution in [0, 0.1) is 0 Å². The Morgan fingerprint density at radius 1 is 1.17 bits per heavy atom. The van der Waals surface area contributed by atoms with Gasteiger partial charge in [0, 0.05) is 5.02 Å². The van der Waals surface area contributed by atoms with E-state index in [4.69, 9.17) is 16.3 Å². The summed E-state index contributed by atoms with van der Waals surface area (Å²) in [7, 11) is 0. The standard InChI is InChI=1S/C17H15ClO4S/c1-2-22-17(21)23-15(16(19)20)13-9-8-12(10-14(13)18)11-6-4-3-5-7-11/h3-10,15H,2H2,1H3,(H,19,20). The largest absolute Gasteiger partial charge is 0.480 e. The average Bonchev–Trinajstić information content (AvgIpc) is 2.54. The zero-order chi connectivity index (χ0) is 16.8. The van der Waals surface area contributed by atoms with E-state index >= 15 is 0 Å². The predicted octanol–water partition coefficient (Wildman–Crippen LogP) is 5.02. The van der Waals surface area contributed by atoms with Crippen LogP contribution in [0.15, 0.2) is 48.5 Å². The first-order valence-corrected chi connectivity index (χ1v) is 8.19. The number of hydrogen-bond acceptors (Lipinski definition) is 4. The number of thioether (sulfide) groups is 1. The minimum atomic E-state index is -1.14. The van der Waals surface area contributed by atoms with Crippen molar-refractivity contribution < 1.29 is 19.4 Å². The number of hydrogen-bond donors (Lipinski definition) is 1. The lowest BCUT2D eigenvalue weighted by molar-refractivity contribution is -0.136. The van der Waals surface area contributed by atoms with Crippen LogP contribution in [0.4, 0.5) is 4.79 Å². The van der Waals surface area contributed by atoms with Crippen molar-refractivity contribution in [3.8, 4) is 11.1 Å². The van der Waals surface area contributed by atoms with Crippen LogP contribution in [0.1, 0.15) is 17.7 Å². The van der Waals surface area contributed by atoms with E-state index in [9.17, 15) is 14.7 Å². The second-order valence-corrected chi connectivity index (χ2v) is 6.07. The van der Waals surface area contributed by atoms with Gasteiger partial charge in [-0.25, -0.2) is 4.79 Å². The monoisotopic (exact) mass is 350 g/mol. The fourth-order valence-electron chi connectivity index (χ4n) is 2.04. The number of benzene rings is 2. The normalized spacial score (nSPS) is 11.7. The lowest BCUT2D eigenvalue weighted by Gasteiger charge is -2.14. The van der Waals surface area contributed by atoms with Crippen LogP contribution in [-0.2, 0) is 9.53 Å². The quantitative estimate of drug-likeness (QED) is 0.767. The predicted molar refractivity (Wildman–Crippen MR) is 91.9 cm³/mol. The summed E-state index contributed by atoms with van der Waals surface area (Å²) >= 11 is 6.85. The van der Waals surface area contributed by atoms with E-state index in [1.54, 1.807) is 25.1 Å². The molecule has 2 rings (SSSR count). The third-order valence-corrected chi connectivity index (χ3v) is 4.42. The molecule has 6 heteroatoms. The Bertz CT molecular complexity index is 703. The molecule has 2 aromatic rings. The summed E-state index contributed by atoms with van der Waals surface area (Å²) in [6.45, 7) is 1.86. The molecule has 0 heterocycles. The molecule has 0 aromatic heterocycles. The van der Waals surface area contributed by atoms with Crippen molar-refractivity contribution in [1.82, 2.24) is 0 Å². The van der Waals surface area contributed by atoms with E-state index < -0.39 is 16.5 Å². The van der Waals surface area contributed by atoms with Gasteiger partial charge in [-0.1, -0.05) is 54.1 Å². The molecule has 0 spiro atoms. The number of rotatable bonds is 5. The first-order valence-electron chi connectivity index (χ1n) is 6.94. The summed E-state index contributed by atoms with van der Waals surface area (Å²) in [6.07, 6.45) is 0. The Kier molecular flexibility index (Phi) is 6.07. The molecule has 2 aromatic carbocycles. The highest BCUT2D eigenvalue weighted by atomic mass is 35.5. The summed E-state index contributed by atoms with van der Waals surface area (Å²) in [6, 6.07) is 14.7. The third-order valence-electron chi connectivity index (χ3n) is 3.09. The number of halogens is 1. The van der Waals surface area contributed by atoms with Crippen LogP contribution in [-0.4, -0.2) is 23.0 Å². The molecule has 1 atom stereocenters. The maximum Gasteiger partial charge on any atom is 0.368 e. The highest BCUT2D eigenvalue weighted by molar-refractivity contribution is 8.14. The highest BCUT2D eigenvalue weighted by Gasteiger charge is 2.27. The second-order valence-electron chi connectivity index (χ2n) is 4.62. The number of aliphatic carboxylic acids is 1. The van der Waals surface area contributed by atoms with Crippen molar-refractivity contribution in [2.45, 2.75) is 12.2 Å². The summed E-state index contributed by atoms with van der Waals surface area (Å²) in [5, 5.41) is 7.93. The van der Waals surface area contributed by atoms with Gasteiger partial charge in [0.15, 0.2) is 0 Å². The zero-order valence-corrected chi connectivity index (χ0v) is 13.9. The van der Waals surface area contributed by atoms with Crippen LogP contribution in [0.25, 0.3) is 11.1 Å². The summed E-state index contributed by atoms with van der Waals surface area (Å²) in [5.74, 6) is -1.14. The van der Waals surface area contributed by atoms with Gasteiger partial charge in [-0.2, -0.15) is 0 Å². The topological polar surface area (TPSA) is 63.6 Å². The molecule has 0 aliphatic heterocycles. The SMILES string of the molecule is CCOC(=O)SC(C(=O)O)c1ccc(-c2ccccc2)cc1Cl. The van der Waals surface area contributed by atoms with Crippen LogP contribution < -0.4 is 0 Å². The molecule has 1 N–H and O–H groups in total. The first-order chi connectivity index (χ1) is 11.0. The van der Waals surface area contributed by atoms with Crippen LogP contribution in [0.2, 0.25) is 5.02 Å². The molecular weight excluding hydrogens is 336 g/mol. The highest BCUT2D eigenvalue weighted by Crippen LogP contribution is 2.37. The number of carbonyl (C=O) groups is 2. The molecule has 0 saturated carbocycles. The maximum absolute atomic E-state index is 11.6. The van der Waals surface area contributed by atoms with Gasteiger partial charge in [0.05, 0.1) is 6.61 Å². The first kappa shape index (κ1) is 17.4. The molecule has 23 heavy (non-hydrogen) atoms. The molecule has 1 unspecified atom stereocenters. The van der Waals surface area contributed by atoms with E-state index in [0.29, 0.717) is 22.3 Å². The number of ether oxygens (including phenoxy) is 1. The van der Waals surface area contributed by atoms with Gasteiger partial charge in [0.25, 0.3) is 0 Å². The van der Waals surface area contributed by atoms with E-state index in [0.717, 1.165) is 11.1 Å². The van der Waals surface area contributed by atoms with E-state index in [-0.39, 0.29) is 6.61 Å². The van der Waals surface area contributed by atoms with E-state index in [1.807, 2.05) is 30.3 Å². The van der Waals surface area contributed by atoms with Crippen LogP contribution in [0.3, 0.4) is 0 Å². The zero-order valence-electron chi connectivity index (χ0n) is 12.4. The molecular formula is C17H15ClO4S. The molecule has 0 radical (unpaired) electrons. The lowest BCUT2D eigenvalue weighted by atomic mass is 10.0. The number of carboxylic acid groups (broad SMARTS) is 1. The van der Waals surface area contributed by atoms with Crippen LogP contribution >= 0.6 is 23.4 Å². The number of carbonyl (C=O) groups excluding carboxylic acids is 1. The molecule has 0 aliphatic carbocycles. The molecule has 0 fully saturated rings. The van der Waals surface area contributed by atoms with Gasteiger partial charge >= 0.3 is 11.3 Å². The minimum Gasteiger partial charge on any atom is -0.480 e. The third kappa shape index (κ3) is 4.50. The summed E-state index contributed by atoms with van der Waals surface area (Å²) in [4.78, 5) is 23.0.